The Morgan fingerprint density at radius 1 is 1.26 bits per heavy atom. The van der Waals surface area contributed by atoms with E-state index in [4.69, 9.17) is 9.84 Å². The van der Waals surface area contributed by atoms with Crippen LogP contribution in [0.5, 0.6) is 0 Å². The number of carboxylic acids is 1. The van der Waals surface area contributed by atoms with Crippen molar-refractivity contribution in [1.29, 1.82) is 0 Å². The number of carboxylic acid groups (broad SMARTS) is 1. The molecule has 0 radical (unpaired) electrons. The van der Waals surface area contributed by atoms with Crippen LogP contribution in [0.25, 0.3) is 0 Å². The lowest BCUT2D eigenvalue weighted by Crippen LogP contribution is -2.66. The van der Waals surface area contributed by atoms with Crippen molar-refractivity contribution < 1.29 is 23.6 Å². The zero-order valence-corrected chi connectivity index (χ0v) is 11.6. The summed E-state index contributed by atoms with van der Waals surface area (Å²) in [7, 11) is -0.801. The summed E-state index contributed by atoms with van der Waals surface area (Å²) in [6, 6.07) is -0.0758. The molecule has 8 heteroatoms. The quantitative estimate of drug-likeness (QED) is 0.746. The average molecular weight is 290 g/mol. The Labute approximate surface area is 114 Å². The molecular formula is C11H18N2O5S. The SMILES string of the molecule is CC1(OCC(=O)O)CN(C(=O)N2CCS(=O)CC2)C1. The molecule has 0 aromatic rings. The zero-order valence-electron chi connectivity index (χ0n) is 10.8. The molecule has 0 unspecified atom stereocenters. The highest BCUT2D eigenvalue weighted by atomic mass is 32.2. The van der Waals surface area contributed by atoms with Crippen LogP contribution in [0.1, 0.15) is 6.92 Å². The number of ether oxygens (including phenoxy) is 1. The number of carbonyl (C=O) groups is 2. The summed E-state index contributed by atoms with van der Waals surface area (Å²) in [6.07, 6.45) is 0. The molecule has 108 valence electrons. The molecule has 19 heavy (non-hydrogen) atoms. The normalized spacial score (nSPS) is 23.0. The lowest BCUT2D eigenvalue weighted by Gasteiger charge is -2.48. The van der Waals surface area contributed by atoms with Gasteiger partial charge in [-0.25, -0.2) is 9.59 Å². The number of nitrogens with zero attached hydrogens (tertiary/aromatic N) is 2. The summed E-state index contributed by atoms with van der Waals surface area (Å²) in [5, 5.41) is 8.56. The first-order valence-corrected chi connectivity index (χ1v) is 7.63. The highest BCUT2D eigenvalue weighted by molar-refractivity contribution is 7.85. The van der Waals surface area contributed by atoms with Crippen LogP contribution in [0.2, 0.25) is 0 Å². The van der Waals surface area contributed by atoms with Gasteiger partial charge in [-0.2, -0.15) is 0 Å². The fourth-order valence-corrected chi connectivity index (χ4v) is 3.31. The lowest BCUT2D eigenvalue weighted by atomic mass is 9.97. The Kier molecular flexibility index (Phi) is 4.10. The molecule has 2 heterocycles. The molecular weight excluding hydrogens is 272 g/mol. The molecule has 2 rings (SSSR count). The molecule has 2 saturated heterocycles. The van der Waals surface area contributed by atoms with E-state index in [1.165, 1.54) is 0 Å². The van der Waals surface area contributed by atoms with Crippen LogP contribution in [-0.4, -0.2) is 81.0 Å². The van der Waals surface area contributed by atoms with Crippen molar-refractivity contribution in [3.05, 3.63) is 0 Å². The van der Waals surface area contributed by atoms with Gasteiger partial charge in [0, 0.05) is 35.4 Å². The first-order valence-electron chi connectivity index (χ1n) is 6.14. The maximum absolute atomic E-state index is 12.1. The number of aliphatic carboxylic acids is 1. The van der Waals surface area contributed by atoms with Crippen molar-refractivity contribution in [2.24, 2.45) is 0 Å². The molecule has 0 saturated carbocycles. The summed E-state index contributed by atoms with van der Waals surface area (Å²) in [4.78, 5) is 25.9. The molecule has 2 aliphatic heterocycles. The maximum Gasteiger partial charge on any atom is 0.329 e. The Morgan fingerprint density at radius 3 is 2.37 bits per heavy atom. The maximum atomic E-state index is 12.1. The Morgan fingerprint density at radius 2 is 1.84 bits per heavy atom. The third kappa shape index (κ3) is 3.44. The van der Waals surface area contributed by atoms with Gasteiger partial charge in [0.05, 0.1) is 13.1 Å². The van der Waals surface area contributed by atoms with Crippen LogP contribution in [0.3, 0.4) is 0 Å². The zero-order chi connectivity index (χ0) is 14.0. The van der Waals surface area contributed by atoms with E-state index in [1.807, 2.05) is 0 Å². The van der Waals surface area contributed by atoms with Gasteiger partial charge >= 0.3 is 12.0 Å². The minimum atomic E-state index is -1.01. The predicted molar refractivity (Wildman–Crippen MR) is 68.4 cm³/mol. The first kappa shape index (κ1) is 14.3. The summed E-state index contributed by atoms with van der Waals surface area (Å²) < 4.78 is 16.5. The van der Waals surface area contributed by atoms with Gasteiger partial charge in [0.2, 0.25) is 0 Å². The lowest BCUT2D eigenvalue weighted by molar-refractivity contribution is -0.160. The van der Waals surface area contributed by atoms with E-state index < -0.39 is 22.4 Å². The smallest absolute Gasteiger partial charge is 0.329 e. The van der Waals surface area contributed by atoms with Gasteiger partial charge in [0.25, 0.3) is 0 Å². The molecule has 7 nitrogen and oxygen atoms in total. The monoisotopic (exact) mass is 290 g/mol. The van der Waals surface area contributed by atoms with Crippen LogP contribution in [0, 0.1) is 0 Å². The summed E-state index contributed by atoms with van der Waals surface area (Å²) in [5.74, 6) is 0.0585. The first-order chi connectivity index (χ1) is 8.89. The van der Waals surface area contributed by atoms with Crippen LogP contribution < -0.4 is 0 Å². The van der Waals surface area contributed by atoms with E-state index in [1.54, 1.807) is 16.7 Å². The second kappa shape index (κ2) is 5.46. The fraction of sp³-hybridized carbons (Fsp3) is 0.818. The number of likely N-dealkylation sites (tertiary alicyclic amines) is 1. The molecule has 0 atom stereocenters. The molecule has 0 bridgehead atoms. The summed E-state index contributed by atoms with van der Waals surface area (Å²) in [6.45, 7) is 3.30. The topological polar surface area (TPSA) is 87.2 Å². The molecule has 0 aliphatic carbocycles. The van der Waals surface area contributed by atoms with Gasteiger partial charge < -0.3 is 19.6 Å². The largest absolute Gasteiger partial charge is 0.480 e. The number of rotatable bonds is 3. The molecule has 2 fully saturated rings. The van der Waals surface area contributed by atoms with Gasteiger partial charge in [-0.3, -0.25) is 4.21 Å². The second-order valence-electron chi connectivity index (χ2n) is 5.11. The van der Waals surface area contributed by atoms with Crippen molar-refractivity contribution >= 4 is 22.8 Å². The summed E-state index contributed by atoms with van der Waals surface area (Å²) >= 11 is 0. The van der Waals surface area contributed by atoms with E-state index in [9.17, 15) is 13.8 Å². The Bertz CT molecular complexity index is 398. The van der Waals surface area contributed by atoms with Crippen molar-refractivity contribution in [2.75, 3.05) is 44.3 Å². The Balaban J connectivity index is 1.78. The van der Waals surface area contributed by atoms with Crippen molar-refractivity contribution in [1.82, 2.24) is 9.80 Å². The van der Waals surface area contributed by atoms with E-state index in [0.29, 0.717) is 37.7 Å². The Hall–Kier alpha value is -1.15. The highest BCUT2D eigenvalue weighted by Gasteiger charge is 2.44. The number of carbonyl (C=O) groups excluding carboxylic acids is 1. The molecule has 0 aromatic heterocycles. The van der Waals surface area contributed by atoms with Crippen molar-refractivity contribution in [3.63, 3.8) is 0 Å². The van der Waals surface area contributed by atoms with Crippen molar-refractivity contribution in [2.45, 2.75) is 12.5 Å². The van der Waals surface area contributed by atoms with Gasteiger partial charge in [-0.15, -0.1) is 0 Å². The third-order valence-electron chi connectivity index (χ3n) is 3.31. The minimum Gasteiger partial charge on any atom is -0.480 e. The van der Waals surface area contributed by atoms with Crippen LogP contribution in [0.15, 0.2) is 0 Å². The number of hydrogen-bond donors (Lipinski definition) is 1. The van der Waals surface area contributed by atoms with E-state index in [2.05, 4.69) is 0 Å². The number of hydrogen-bond acceptors (Lipinski definition) is 4. The van der Waals surface area contributed by atoms with Crippen LogP contribution in [-0.2, 0) is 20.3 Å². The number of amides is 2. The van der Waals surface area contributed by atoms with Gasteiger partial charge in [-0.05, 0) is 6.92 Å². The van der Waals surface area contributed by atoms with Crippen LogP contribution >= 0.6 is 0 Å². The standard InChI is InChI=1S/C11H18N2O5S/c1-11(18-6-9(14)15)7-13(8-11)10(16)12-2-4-19(17)5-3-12/h2-8H2,1H3,(H,14,15). The fourth-order valence-electron chi connectivity index (χ4n) is 2.25. The molecule has 0 aromatic carbocycles. The van der Waals surface area contributed by atoms with Gasteiger partial charge in [-0.1, -0.05) is 0 Å². The molecule has 0 spiro atoms. The van der Waals surface area contributed by atoms with E-state index in [-0.39, 0.29) is 12.6 Å². The molecule has 2 amide bonds. The highest BCUT2D eigenvalue weighted by Crippen LogP contribution is 2.26. The molecule has 1 N–H and O–H groups in total. The summed E-state index contributed by atoms with van der Waals surface area (Å²) in [5.41, 5.74) is -0.563. The number of urea groups is 1. The minimum absolute atomic E-state index is 0.0758. The average Bonchev–Trinajstić information content (AvgIpc) is 2.33. The molecule has 2 aliphatic rings. The predicted octanol–water partition coefficient (Wildman–Crippen LogP) is -0.654. The van der Waals surface area contributed by atoms with Crippen LogP contribution in [0.4, 0.5) is 4.79 Å². The van der Waals surface area contributed by atoms with Crippen molar-refractivity contribution in [3.8, 4) is 0 Å². The van der Waals surface area contributed by atoms with Gasteiger partial charge in [0.1, 0.15) is 12.2 Å². The van der Waals surface area contributed by atoms with Gasteiger partial charge in [0.15, 0.2) is 0 Å². The third-order valence-corrected chi connectivity index (χ3v) is 4.59. The van der Waals surface area contributed by atoms with E-state index in [0.717, 1.165) is 0 Å². The van der Waals surface area contributed by atoms with E-state index >= 15 is 0 Å². The second-order valence-corrected chi connectivity index (χ2v) is 6.80.